The second-order valence-corrected chi connectivity index (χ2v) is 15.5. The molecular weight excluding hydrogens is 270 g/mol. The molecule has 0 aromatic heterocycles. The molecule has 1 aromatic rings. The summed E-state index contributed by atoms with van der Waals surface area (Å²) in [7, 11) is -3.40. The predicted molar refractivity (Wildman–Crippen MR) is 86.6 cm³/mol. The van der Waals surface area contributed by atoms with Crippen molar-refractivity contribution in [1.29, 1.82) is 0 Å². The first-order valence-corrected chi connectivity index (χ1v) is 13.4. The van der Waals surface area contributed by atoms with Crippen LogP contribution in [0.15, 0.2) is 29.4 Å². The topological polar surface area (TPSA) is 30.8 Å². The Balaban J connectivity index is 3.02. The maximum atomic E-state index is 6.05. The first-order chi connectivity index (χ1) is 8.57. The lowest BCUT2D eigenvalue weighted by Crippen LogP contribution is -2.31. The zero-order chi connectivity index (χ0) is 14.7. The normalized spacial score (nSPS) is 13.3. The van der Waals surface area contributed by atoms with Crippen LogP contribution in [-0.2, 0) is 8.95 Å². The monoisotopic (exact) mass is 295 g/mol. The zero-order valence-corrected chi connectivity index (χ0v) is 15.1. The van der Waals surface area contributed by atoms with Gasteiger partial charge in [-0.2, -0.15) is 0 Å². The Kier molecular flexibility index (Phi) is 4.98. The van der Waals surface area contributed by atoms with E-state index in [1.807, 2.05) is 12.1 Å². The fourth-order valence-corrected chi connectivity index (χ4v) is 2.39. The van der Waals surface area contributed by atoms with Crippen LogP contribution in [0.2, 0.25) is 39.3 Å². The molecule has 0 N–H and O–H groups in total. The second kappa shape index (κ2) is 5.92. The average molecular weight is 296 g/mol. The van der Waals surface area contributed by atoms with Crippen LogP contribution in [0, 0.1) is 6.92 Å². The standard InChI is InChI=1S/C14H25NO2Si2/c1-12-8-10-13(11-9-12)14(16-18(2,3)4)15-17-19(5,6)7/h8-11H,1-7H3/b15-14-. The highest BCUT2D eigenvalue weighted by atomic mass is 28.4. The second-order valence-electron chi connectivity index (χ2n) is 6.68. The van der Waals surface area contributed by atoms with Gasteiger partial charge in [-0.3, -0.25) is 0 Å². The van der Waals surface area contributed by atoms with Crippen LogP contribution in [0.4, 0.5) is 0 Å². The van der Waals surface area contributed by atoms with Gasteiger partial charge in [-0.15, -0.1) is 0 Å². The Bertz CT molecular complexity index is 442. The van der Waals surface area contributed by atoms with Crippen molar-refractivity contribution in [3.8, 4) is 0 Å². The minimum atomic E-state index is -1.71. The minimum absolute atomic E-state index is 0.613. The maximum Gasteiger partial charge on any atom is 0.278 e. The molecule has 0 amide bonds. The van der Waals surface area contributed by atoms with E-state index in [4.69, 9.17) is 8.95 Å². The Morgan fingerprint density at radius 1 is 0.895 bits per heavy atom. The van der Waals surface area contributed by atoms with Crippen LogP contribution in [0.25, 0.3) is 0 Å². The molecule has 0 bridgehead atoms. The van der Waals surface area contributed by atoms with Crippen LogP contribution >= 0.6 is 0 Å². The van der Waals surface area contributed by atoms with E-state index in [9.17, 15) is 0 Å². The van der Waals surface area contributed by atoms with Crippen LogP contribution < -0.4 is 0 Å². The number of nitrogens with zero attached hydrogens (tertiary/aromatic N) is 1. The van der Waals surface area contributed by atoms with E-state index in [0.29, 0.717) is 5.90 Å². The minimum Gasteiger partial charge on any atom is -0.529 e. The van der Waals surface area contributed by atoms with Crippen molar-refractivity contribution in [3.63, 3.8) is 0 Å². The van der Waals surface area contributed by atoms with Gasteiger partial charge in [-0.1, -0.05) is 22.9 Å². The Morgan fingerprint density at radius 3 is 1.84 bits per heavy atom. The average Bonchev–Trinajstić information content (AvgIpc) is 2.23. The highest BCUT2D eigenvalue weighted by Gasteiger charge is 2.22. The highest BCUT2D eigenvalue weighted by Crippen LogP contribution is 2.13. The summed E-state index contributed by atoms with van der Waals surface area (Å²) in [5.41, 5.74) is 2.20. The van der Waals surface area contributed by atoms with Gasteiger partial charge in [0.05, 0.1) is 0 Å². The molecule has 0 aliphatic rings. The number of hydrogen-bond donors (Lipinski definition) is 0. The van der Waals surface area contributed by atoms with Crippen LogP contribution in [-0.4, -0.2) is 22.5 Å². The third-order valence-corrected chi connectivity index (χ3v) is 3.55. The molecule has 0 spiro atoms. The fourth-order valence-electron chi connectivity index (χ4n) is 1.29. The molecule has 5 heteroatoms. The number of rotatable bonds is 4. The molecular formula is C14H25NO2Si2. The summed E-state index contributed by atoms with van der Waals surface area (Å²) in [6.45, 7) is 14.8. The summed E-state index contributed by atoms with van der Waals surface area (Å²) in [5, 5.41) is 4.27. The summed E-state index contributed by atoms with van der Waals surface area (Å²) in [6.07, 6.45) is 0. The maximum absolute atomic E-state index is 6.05. The molecule has 0 heterocycles. The van der Waals surface area contributed by atoms with Crippen LogP contribution in [0.1, 0.15) is 11.1 Å². The van der Waals surface area contributed by atoms with Crippen molar-refractivity contribution >= 4 is 22.5 Å². The molecule has 19 heavy (non-hydrogen) atoms. The summed E-state index contributed by atoms with van der Waals surface area (Å²) in [4.78, 5) is 0. The third kappa shape index (κ3) is 6.59. The van der Waals surface area contributed by atoms with Crippen molar-refractivity contribution in [1.82, 2.24) is 0 Å². The number of oxime groups is 1. The van der Waals surface area contributed by atoms with Gasteiger partial charge in [0.1, 0.15) is 0 Å². The van der Waals surface area contributed by atoms with Gasteiger partial charge in [0.25, 0.3) is 8.32 Å². The largest absolute Gasteiger partial charge is 0.529 e. The van der Waals surface area contributed by atoms with Crippen molar-refractivity contribution in [2.75, 3.05) is 0 Å². The molecule has 0 saturated carbocycles. The lowest BCUT2D eigenvalue weighted by Gasteiger charge is -2.22. The Labute approximate surface area is 118 Å². The molecule has 106 valence electrons. The number of benzene rings is 1. The molecule has 0 atom stereocenters. The van der Waals surface area contributed by atoms with Gasteiger partial charge in [0.2, 0.25) is 14.2 Å². The van der Waals surface area contributed by atoms with Crippen LogP contribution in [0.3, 0.4) is 0 Å². The van der Waals surface area contributed by atoms with Gasteiger partial charge in [-0.05, 0) is 58.3 Å². The van der Waals surface area contributed by atoms with Gasteiger partial charge < -0.3 is 8.95 Å². The van der Waals surface area contributed by atoms with Gasteiger partial charge in [0.15, 0.2) is 0 Å². The first-order valence-electron chi connectivity index (χ1n) is 6.59. The third-order valence-electron chi connectivity index (χ3n) is 2.10. The van der Waals surface area contributed by atoms with E-state index in [0.717, 1.165) is 5.56 Å². The van der Waals surface area contributed by atoms with E-state index in [1.165, 1.54) is 5.56 Å². The van der Waals surface area contributed by atoms with E-state index >= 15 is 0 Å². The Morgan fingerprint density at radius 2 is 1.42 bits per heavy atom. The predicted octanol–water partition coefficient (Wildman–Crippen LogP) is 4.36. The summed E-state index contributed by atoms with van der Waals surface area (Å²) in [6, 6.07) is 8.18. The number of hydrogen-bond acceptors (Lipinski definition) is 3. The first kappa shape index (κ1) is 16.0. The van der Waals surface area contributed by atoms with Crippen molar-refractivity contribution in [2.24, 2.45) is 5.16 Å². The van der Waals surface area contributed by atoms with E-state index in [1.54, 1.807) is 0 Å². The van der Waals surface area contributed by atoms with Gasteiger partial charge in [-0.25, -0.2) is 0 Å². The van der Waals surface area contributed by atoms with Gasteiger partial charge in [0, 0.05) is 5.56 Å². The molecule has 0 fully saturated rings. The molecule has 0 radical (unpaired) electrons. The molecule has 0 unspecified atom stereocenters. The zero-order valence-electron chi connectivity index (χ0n) is 13.1. The molecule has 0 aliphatic heterocycles. The smallest absolute Gasteiger partial charge is 0.278 e. The quantitative estimate of drug-likeness (QED) is 0.358. The highest BCUT2D eigenvalue weighted by molar-refractivity contribution is 6.71. The summed E-state index contributed by atoms with van der Waals surface area (Å²) < 4.78 is 11.7. The van der Waals surface area contributed by atoms with Crippen LogP contribution in [0.5, 0.6) is 0 Å². The van der Waals surface area contributed by atoms with Crippen molar-refractivity contribution in [2.45, 2.75) is 46.2 Å². The van der Waals surface area contributed by atoms with Crippen molar-refractivity contribution < 1.29 is 8.95 Å². The van der Waals surface area contributed by atoms with E-state index < -0.39 is 16.6 Å². The lowest BCUT2D eigenvalue weighted by molar-refractivity contribution is 0.320. The van der Waals surface area contributed by atoms with E-state index in [-0.39, 0.29) is 0 Å². The fraction of sp³-hybridized carbons (Fsp3) is 0.500. The Hall–Kier alpha value is -1.08. The lowest BCUT2D eigenvalue weighted by atomic mass is 10.1. The molecule has 0 aliphatic carbocycles. The molecule has 0 saturated heterocycles. The SMILES string of the molecule is Cc1ccc(/C(=N/O[Si](C)(C)C)O[Si](C)(C)C)cc1. The summed E-state index contributed by atoms with van der Waals surface area (Å²) >= 11 is 0. The molecule has 1 aromatic carbocycles. The molecule has 1 rings (SSSR count). The van der Waals surface area contributed by atoms with Crippen molar-refractivity contribution in [3.05, 3.63) is 35.4 Å². The summed E-state index contributed by atoms with van der Waals surface area (Å²) in [5.74, 6) is 0.613. The molecule has 3 nitrogen and oxygen atoms in total. The number of aryl methyl sites for hydroxylation is 1. The van der Waals surface area contributed by atoms with Gasteiger partial charge >= 0.3 is 0 Å². The van der Waals surface area contributed by atoms with E-state index in [2.05, 4.69) is 63.5 Å².